The van der Waals surface area contributed by atoms with Crippen molar-refractivity contribution in [3.05, 3.63) is 63.3 Å². The third-order valence-electron chi connectivity index (χ3n) is 4.02. The molecular formula is C19H14ClF3N4O4. The van der Waals surface area contributed by atoms with Gasteiger partial charge < -0.3 is 15.0 Å². The number of aryl methyl sites for hydroxylation is 1. The van der Waals surface area contributed by atoms with Gasteiger partial charge >= 0.3 is 12.1 Å². The predicted octanol–water partition coefficient (Wildman–Crippen LogP) is 3.10. The third kappa shape index (κ3) is 5.79. The van der Waals surface area contributed by atoms with Crippen LogP contribution in [0.3, 0.4) is 0 Å². The molecule has 31 heavy (non-hydrogen) atoms. The van der Waals surface area contributed by atoms with Crippen LogP contribution in [0.1, 0.15) is 17.8 Å². The number of anilines is 1. The predicted molar refractivity (Wildman–Crippen MR) is 105 cm³/mol. The van der Waals surface area contributed by atoms with Crippen molar-refractivity contribution in [1.82, 2.24) is 15.0 Å². The lowest BCUT2D eigenvalue weighted by atomic mass is 10.2. The highest BCUT2D eigenvalue weighted by Gasteiger charge is 2.31. The van der Waals surface area contributed by atoms with E-state index in [-0.39, 0.29) is 30.0 Å². The number of halogens is 4. The Kier molecular flexibility index (Phi) is 6.54. The van der Waals surface area contributed by atoms with Gasteiger partial charge in [-0.15, -0.1) is 0 Å². The number of alkyl halides is 3. The van der Waals surface area contributed by atoms with E-state index in [4.69, 9.17) is 16.3 Å². The third-order valence-corrected chi connectivity index (χ3v) is 4.31. The second-order valence-corrected chi connectivity index (χ2v) is 6.70. The molecule has 0 aliphatic rings. The first-order chi connectivity index (χ1) is 14.6. The summed E-state index contributed by atoms with van der Waals surface area (Å²) >= 11 is 5.69. The Balaban J connectivity index is 1.51. The van der Waals surface area contributed by atoms with Crippen LogP contribution < -0.4 is 10.9 Å². The summed E-state index contributed by atoms with van der Waals surface area (Å²) in [6.07, 6.45) is -4.19. The molecule has 0 saturated heterocycles. The molecule has 0 radical (unpaired) electrons. The van der Waals surface area contributed by atoms with Crippen molar-refractivity contribution in [2.75, 3.05) is 11.9 Å². The van der Waals surface area contributed by atoms with Crippen LogP contribution in [0.25, 0.3) is 10.9 Å². The Bertz CT molecular complexity index is 1200. The molecule has 0 atom stereocenters. The fraction of sp³-hybridized carbons (Fsp3) is 0.211. The smallest absolute Gasteiger partial charge is 0.417 e. The topological polar surface area (TPSA) is 114 Å². The van der Waals surface area contributed by atoms with Crippen LogP contribution in [0.2, 0.25) is 5.02 Å². The van der Waals surface area contributed by atoms with E-state index in [1.165, 1.54) is 0 Å². The van der Waals surface area contributed by atoms with Crippen molar-refractivity contribution in [1.29, 1.82) is 0 Å². The largest absolute Gasteiger partial charge is 0.456 e. The lowest BCUT2D eigenvalue weighted by Gasteiger charge is -2.10. The standard InChI is InChI=1S/C19H14ClF3N4O4/c20-12-7-10(19(21,22)23)8-24-17(12)27-15(28)9-31-16(29)6-5-14-25-13-4-2-1-3-11(13)18(30)26-14/h1-4,7-8H,5-6,9H2,(H,24,27,28)(H,25,26,30). The number of pyridine rings is 1. The van der Waals surface area contributed by atoms with E-state index in [2.05, 4.69) is 20.3 Å². The molecular weight excluding hydrogens is 441 g/mol. The molecule has 1 aromatic carbocycles. The summed E-state index contributed by atoms with van der Waals surface area (Å²) in [5.74, 6) is -1.59. The number of fused-ring (bicyclic) bond motifs is 1. The Labute approximate surface area is 177 Å². The zero-order valence-corrected chi connectivity index (χ0v) is 16.4. The summed E-state index contributed by atoms with van der Waals surface area (Å²) in [7, 11) is 0. The van der Waals surface area contributed by atoms with Gasteiger partial charge in [0.05, 0.1) is 27.9 Å². The van der Waals surface area contributed by atoms with Gasteiger partial charge in [0.1, 0.15) is 5.82 Å². The fourth-order valence-electron chi connectivity index (χ4n) is 2.55. The number of nitrogens with zero attached hydrogens (tertiary/aromatic N) is 2. The molecule has 3 rings (SSSR count). The number of aromatic nitrogens is 3. The Morgan fingerprint density at radius 1 is 1.23 bits per heavy atom. The molecule has 2 heterocycles. The van der Waals surface area contributed by atoms with Crippen molar-refractivity contribution < 1.29 is 27.5 Å². The fourth-order valence-corrected chi connectivity index (χ4v) is 2.76. The average Bonchev–Trinajstić information content (AvgIpc) is 2.71. The molecule has 0 aliphatic carbocycles. The molecule has 0 saturated carbocycles. The highest BCUT2D eigenvalue weighted by atomic mass is 35.5. The van der Waals surface area contributed by atoms with E-state index in [1.807, 2.05) is 0 Å². The summed E-state index contributed by atoms with van der Waals surface area (Å²) < 4.78 is 42.6. The number of carbonyl (C=O) groups excluding carboxylic acids is 2. The number of hydrogen-bond donors (Lipinski definition) is 2. The van der Waals surface area contributed by atoms with E-state index >= 15 is 0 Å². The number of para-hydroxylation sites is 1. The number of benzene rings is 1. The molecule has 0 unspecified atom stereocenters. The maximum Gasteiger partial charge on any atom is 0.417 e. The van der Waals surface area contributed by atoms with Gasteiger partial charge in [-0.25, -0.2) is 9.97 Å². The zero-order chi connectivity index (χ0) is 22.6. The van der Waals surface area contributed by atoms with Crippen LogP contribution >= 0.6 is 11.6 Å². The van der Waals surface area contributed by atoms with Crippen molar-refractivity contribution in [2.45, 2.75) is 19.0 Å². The highest BCUT2D eigenvalue weighted by molar-refractivity contribution is 6.33. The van der Waals surface area contributed by atoms with E-state index in [1.54, 1.807) is 24.3 Å². The number of nitrogens with one attached hydrogen (secondary N) is 2. The van der Waals surface area contributed by atoms with E-state index < -0.39 is 35.2 Å². The molecule has 162 valence electrons. The Morgan fingerprint density at radius 3 is 2.68 bits per heavy atom. The molecule has 8 nitrogen and oxygen atoms in total. The van der Waals surface area contributed by atoms with Gasteiger partial charge in [0.25, 0.3) is 11.5 Å². The summed E-state index contributed by atoms with van der Waals surface area (Å²) in [5.41, 5.74) is -0.925. The van der Waals surface area contributed by atoms with Crippen LogP contribution in [0, 0.1) is 0 Å². The second kappa shape index (κ2) is 9.13. The van der Waals surface area contributed by atoms with Gasteiger partial charge in [-0.05, 0) is 18.2 Å². The van der Waals surface area contributed by atoms with E-state index in [0.717, 1.165) is 0 Å². The summed E-state index contributed by atoms with van der Waals surface area (Å²) in [6, 6.07) is 7.33. The Morgan fingerprint density at radius 2 is 1.97 bits per heavy atom. The summed E-state index contributed by atoms with van der Waals surface area (Å²) in [4.78, 5) is 46.0. The number of H-pyrrole nitrogens is 1. The number of carbonyl (C=O) groups is 2. The van der Waals surface area contributed by atoms with Gasteiger partial charge in [-0.2, -0.15) is 13.2 Å². The maximum atomic E-state index is 12.6. The van der Waals surface area contributed by atoms with Crippen LogP contribution in [0.4, 0.5) is 19.0 Å². The minimum absolute atomic E-state index is 0.0762. The van der Waals surface area contributed by atoms with Crippen molar-refractivity contribution in [3.8, 4) is 0 Å². The van der Waals surface area contributed by atoms with E-state index in [9.17, 15) is 27.6 Å². The molecule has 0 fully saturated rings. The van der Waals surface area contributed by atoms with Gasteiger partial charge in [0.15, 0.2) is 12.4 Å². The normalized spacial score (nSPS) is 11.4. The van der Waals surface area contributed by atoms with Crippen LogP contribution in [0.5, 0.6) is 0 Å². The molecule has 1 amide bonds. The zero-order valence-electron chi connectivity index (χ0n) is 15.6. The van der Waals surface area contributed by atoms with Gasteiger partial charge in [-0.3, -0.25) is 14.4 Å². The first-order valence-corrected chi connectivity index (χ1v) is 9.17. The molecule has 0 aliphatic heterocycles. The number of esters is 1. The number of amides is 1. The van der Waals surface area contributed by atoms with E-state index in [0.29, 0.717) is 23.2 Å². The van der Waals surface area contributed by atoms with Crippen molar-refractivity contribution in [3.63, 3.8) is 0 Å². The number of aromatic amines is 1. The van der Waals surface area contributed by atoms with Crippen molar-refractivity contribution >= 4 is 40.2 Å². The molecule has 2 aromatic heterocycles. The summed E-state index contributed by atoms with van der Waals surface area (Å²) in [5, 5.41) is 2.16. The second-order valence-electron chi connectivity index (χ2n) is 6.29. The monoisotopic (exact) mass is 454 g/mol. The number of rotatable bonds is 6. The Hall–Kier alpha value is -3.47. The summed E-state index contributed by atoms with van der Waals surface area (Å²) in [6.45, 7) is -0.695. The quantitative estimate of drug-likeness (QED) is 0.553. The minimum atomic E-state index is -4.63. The van der Waals surface area contributed by atoms with Gasteiger partial charge in [0.2, 0.25) is 0 Å². The molecule has 3 aromatic rings. The first kappa shape index (κ1) is 22.2. The highest BCUT2D eigenvalue weighted by Crippen LogP contribution is 2.32. The molecule has 0 bridgehead atoms. The maximum absolute atomic E-state index is 12.6. The van der Waals surface area contributed by atoms with Gasteiger partial charge in [-0.1, -0.05) is 23.7 Å². The molecule has 2 N–H and O–H groups in total. The lowest BCUT2D eigenvalue weighted by molar-refractivity contribution is -0.147. The SMILES string of the molecule is O=C(COC(=O)CCc1nc2ccccc2c(=O)[nH]1)Nc1ncc(C(F)(F)F)cc1Cl. The first-order valence-electron chi connectivity index (χ1n) is 8.79. The minimum Gasteiger partial charge on any atom is -0.456 e. The lowest BCUT2D eigenvalue weighted by Crippen LogP contribution is -2.22. The number of hydrogen-bond acceptors (Lipinski definition) is 6. The number of ether oxygens (including phenoxy) is 1. The molecule has 12 heteroatoms. The van der Waals surface area contributed by atoms with Crippen LogP contribution in [0.15, 0.2) is 41.3 Å². The van der Waals surface area contributed by atoms with Crippen LogP contribution in [-0.2, 0) is 26.9 Å². The van der Waals surface area contributed by atoms with Crippen LogP contribution in [-0.4, -0.2) is 33.4 Å². The van der Waals surface area contributed by atoms with Gasteiger partial charge in [0, 0.05) is 12.6 Å². The average molecular weight is 455 g/mol. The molecule has 0 spiro atoms. The van der Waals surface area contributed by atoms with Crippen molar-refractivity contribution in [2.24, 2.45) is 0 Å².